The minimum Gasteiger partial charge on any atom is -0.465 e. The minimum absolute atomic E-state index is 0.192. The molecule has 0 aliphatic heterocycles. The number of hydrogen-bond donors (Lipinski definition) is 0. The molecule has 0 heterocycles. The highest BCUT2D eigenvalue weighted by Crippen LogP contribution is 2.19. The third-order valence-corrected chi connectivity index (χ3v) is 2.67. The molecule has 0 spiro atoms. The molecule has 3 nitrogen and oxygen atoms in total. The molecular formula is C14H21NO2. The van der Waals surface area contributed by atoms with Crippen LogP contribution in [-0.2, 0) is 9.53 Å². The van der Waals surface area contributed by atoms with Crippen LogP contribution in [0.3, 0.4) is 0 Å². The van der Waals surface area contributed by atoms with Crippen molar-refractivity contribution in [2.24, 2.45) is 0 Å². The Bertz CT molecular complexity index is 357. The van der Waals surface area contributed by atoms with Gasteiger partial charge in [-0.15, -0.1) is 0 Å². The highest BCUT2D eigenvalue weighted by molar-refractivity contribution is 5.75. The molecule has 0 aromatic heterocycles. The summed E-state index contributed by atoms with van der Waals surface area (Å²) in [6.07, 6.45) is 0. The van der Waals surface area contributed by atoms with Gasteiger partial charge in [0.05, 0.1) is 6.61 Å². The standard InChI is InChI=1S/C14H21NO2/c1-5-17-14(16)10-15(4)13-8-6-12(7-9-13)11(2)3/h6-9,11H,5,10H2,1-4H3. The number of nitrogens with zero attached hydrogens (tertiary/aromatic N) is 1. The van der Waals surface area contributed by atoms with E-state index in [2.05, 4.69) is 26.0 Å². The fourth-order valence-corrected chi connectivity index (χ4v) is 1.61. The predicted octanol–water partition coefficient (Wildman–Crippen LogP) is 2.81. The van der Waals surface area contributed by atoms with Gasteiger partial charge < -0.3 is 9.64 Å². The largest absolute Gasteiger partial charge is 0.465 e. The van der Waals surface area contributed by atoms with Crippen molar-refractivity contribution in [1.29, 1.82) is 0 Å². The number of likely N-dealkylation sites (N-methyl/N-ethyl adjacent to an activating group) is 1. The summed E-state index contributed by atoms with van der Waals surface area (Å²) in [6.45, 7) is 6.86. The van der Waals surface area contributed by atoms with E-state index in [-0.39, 0.29) is 12.5 Å². The number of carbonyl (C=O) groups excluding carboxylic acids is 1. The number of hydrogen-bond acceptors (Lipinski definition) is 3. The molecule has 3 heteroatoms. The lowest BCUT2D eigenvalue weighted by Crippen LogP contribution is -2.27. The van der Waals surface area contributed by atoms with Gasteiger partial charge in [0.1, 0.15) is 6.54 Å². The molecule has 0 fully saturated rings. The topological polar surface area (TPSA) is 29.5 Å². The van der Waals surface area contributed by atoms with Gasteiger partial charge in [-0.2, -0.15) is 0 Å². The molecule has 0 unspecified atom stereocenters. The van der Waals surface area contributed by atoms with Crippen LogP contribution in [0.1, 0.15) is 32.3 Å². The summed E-state index contributed by atoms with van der Waals surface area (Å²) in [4.78, 5) is 13.2. The van der Waals surface area contributed by atoms with Crippen LogP contribution in [0.15, 0.2) is 24.3 Å². The number of carbonyl (C=O) groups is 1. The van der Waals surface area contributed by atoms with Gasteiger partial charge in [-0.3, -0.25) is 4.79 Å². The third kappa shape index (κ3) is 4.10. The summed E-state index contributed by atoms with van der Waals surface area (Å²) in [7, 11) is 1.89. The molecule has 0 aliphatic carbocycles. The van der Waals surface area contributed by atoms with E-state index in [4.69, 9.17) is 4.74 Å². The molecule has 17 heavy (non-hydrogen) atoms. The molecular weight excluding hydrogens is 214 g/mol. The van der Waals surface area contributed by atoms with Crippen molar-refractivity contribution in [3.63, 3.8) is 0 Å². The van der Waals surface area contributed by atoms with Gasteiger partial charge in [0, 0.05) is 12.7 Å². The zero-order valence-electron chi connectivity index (χ0n) is 11.1. The molecule has 0 radical (unpaired) electrons. The third-order valence-electron chi connectivity index (χ3n) is 2.67. The van der Waals surface area contributed by atoms with Gasteiger partial charge in [-0.1, -0.05) is 26.0 Å². The molecule has 94 valence electrons. The van der Waals surface area contributed by atoms with E-state index in [1.165, 1.54) is 5.56 Å². The molecule has 0 aliphatic rings. The van der Waals surface area contributed by atoms with Crippen molar-refractivity contribution < 1.29 is 9.53 Å². The predicted molar refractivity (Wildman–Crippen MR) is 70.4 cm³/mol. The SMILES string of the molecule is CCOC(=O)CN(C)c1ccc(C(C)C)cc1. The van der Waals surface area contributed by atoms with Crippen LogP contribution in [0.25, 0.3) is 0 Å². The molecule has 0 atom stereocenters. The average molecular weight is 235 g/mol. The van der Waals surface area contributed by atoms with Crippen LogP contribution in [-0.4, -0.2) is 26.2 Å². The maximum Gasteiger partial charge on any atom is 0.325 e. The van der Waals surface area contributed by atoms with Crippen LogP contribution in [0.5, 0.6) is 0 Å². The van der Waals surface area contributed by atoms with E-state index < -0.39 is 0 Å². The van der Waals surface area contributed by atoms with Gasteiger partial charge in [0.25, 0.3) is 0 Å². The van der Waals surface area contributed by atoms with Crippen molar-refractivity contribution in [3.05, 3.63) is 29.8 Å². The lowest BCUT2D eigenvalue weighted by atomic mass is 10.0. The maximum absolute atomic E-state index is 11.3. The Morgan fingerprint density at radius 1 is 1.29 bits per heavy atom. The van der Waals surface area contributed by atoms with Crippen LogP contribution in [0.4, 0.5) is 5.69 Å². The van der Waals surface area contributed by atoms with Crippen molar-refractivity contribution in [3.8, 4) is 0 Å². The first kappa shape index (κ1) is 13.6. The Kier molecular flexibility index (Phi) is 5.01. The highest BCUT2D eigenvalue weighted by atomic mass is 16.5. The zero-order chi connectivity index (χ0) is 12.8. The van der Waals surface area contributed by atoms with Crippen molar-refractivity contribution in [2.45, 2.75) is 26.7 Å². The van der Waals surface area contributed by atoms with Crippen LogP contribution in [0.2, 0.25) is 0 Å². The summed E-state index contributed by atoms with van der Waals surface area (Å²) in [5.41, 5.74) is 2.33. The molecule has 1 aromatic rings. The Balaban J connectivity index is 2.63. The fraction of sp³-hybridized carbons (Fsp3) is 0.500. The number of benzene rings is 1. The summed E-state index contributed by atoms with van der Waals surface area (Å²) in [6, 6.07) is 8.27. The van der Waals surface area contributed by atoms with Gasteiger partial charge in [0.2, 0.25) is 0 Å². The lowest BCUT2D eigenvalue weighted by molar-refractivity contribution is -0.141. The van der Waals surface area contributed by atoms with E-state index in [0.717, 1.165) is 5.69 Å². The van der Waals surface area contributed by atoms with Crippen molar-refractivity contribution in [1.82, 2.24) is 0 Å². The van der Waals surface area contributed by atoms with Crippen molar-refractivity contribution in [2.75, 3.05) is 25.1 Å². The highest BCUT2D eigenvalue weighted by Gasteiger charge is 2.08. The van der Waals surface area contributed by atoms with Gasteiger partial charge >= 0.3 is 5.97 Å². The van der Waals surface area contributed by atoms with Crippen LogP contribution in [0, 0.1) is 0 Å². The molecule has 1 rings (SSSR count). The van der Waals surface area contributed by atoms with E-state index >= 15 is 0 Å². The summed E-state index contributed by atoms with van der Waals surface area (Å²) < 4.78 is 4.92. The normalized spacial score (nSPS) is 10.4. The van der Waals surface area contributed by atoms with E-state index in [9.17, 15) is 4.79 Å². The number of ether oxygens (including phenoxy) is 1. The zero-order valence-corrected chi connectivity index (χ0v) is 11.1. The van der Waals surface area contributed by atoms with Gasteiger partial charge in [-0.25, -0.2) is 0 Å². The van der Waals surface area contributed by atoms with E-state index in [0.29, 0.717) is 12.5 Å². The molecule has 0 saturated carbocycles. The number of rotatable bonds is 5. The second-order valence-electron chi connectivity index (χ2n) is 4.41. The quantitative estimate of drug-likeness (QED) is 0.735. The lowest BCUT2D eigenvalue weighted by Gasteiger charge is -2.18. The Morgan fingerprint density at radius 2 is 1.88 bits per heavy atom. The second-order valence-corrected chi connectivity index (χ2v) is 4.41. The molecule has 0 saturated heterocycles. The first-order valence-corrected chi connectivity index (χ1v) is 6.01. The summed E-state index contributed by atoms with van der Waals surface area (Å²) in [5.74, 6) is 0.336. The Labute approximate surface area is 103 Å². The molecule has 0 amide bonds. The number of esters is 1. The second kappa shape index (κ2) is 6.28. The minimum atomic E-state index is -0.192. The van der Waals surface area contributed by atoms with Crippen LogP contribution < -0.4 is 4.90 Å². The van der Waals surface area contributed by atoms with E-state index in [1.807, 2.05) is 31.0 Å². The molecule has 1 aromatic carbocycles. The average Bonchev–Trinajstić information content (AvgIpc) is 2.29. The maximum atomic E-state index is 11.3. The Hall–Kier alpha value is -1.51. The smallest absolute Gasteiger partial charge is 0.325 e. The van der Waals surface area contributed by atoms with Gasteiger partial charge in [-0.05, 0) is 30.5 Å². The summed E-state index contributed by atoms with van der Waals surface area (Å²) in [5, 5.41) is 0. The van der Waals surface area contributed by atoms with Gasteiger partial charge in [0.15, 0.2) is 0 Å². The number of anilines is 1. The summed E-state index contributed by atoms with van der Waals surface area (Å²) >= 11 is 0. The first-order valence-electron chi connectivity index (χ1n) is 6.01. The fourth-order valence-electron chi connectivity index (χ4n) is 1.61. The van der Waals surface area contributed by atoms with E-state index in [1.54, 1.807) is 0 Å². The van der Waals surface area contributed by atoms with Crippen molar-refractivity contribution >= 4 is 11.7 Å². The Morgan fingerprint density at radius 3 is 2.35 bits per heavy atom. The monoisotopic (exact) mass is 235 g/mol. The van der Waals surface area contributed by atoms with Crippen LogP contribution >= 0.6 is 0 Å². The molecule has 0 N–H and O–H groups in total. The molecule has 0 bridgehead atoms. The first-order chi connectivity index (χ1) is 8.04.